The van der Waals surface area contributed by atoms with Gasteiger partial charge in [0.25, 0.3) is 0 Å². The molecule has 1 unspecified atom stereocenters. The van der Waals surface area contributed by atoms with Crippen LogP contribution in [0.5, 0.6) is 0 Å². The van der Waals surface area contributed by atoms with Crippen molar-refractivity contribution in [1.82, 2.24) is 9.38 Å². The molecular formula is C15H20N2. The Hall–Kier alpha value is -1.31. The zero-order chi connectivity index (χ0) is 12.0. The van der Waals surface area contributed by atoms with E-state index in [0.29, 0.717) is 0 Å². The lowest BCUT2D eigenvalue weighted by Gasteiger charge is -2.25. The van der Waals surface area contributed by atoms with Crippen LogP contribution in [0.15, 0.2) is 18.3 Å². The topological polar surface area (TPSA) is 17.3 Å². The van der Waals surface area contributed by atoms with E-state index in [-0.39, 0.29) is 0 Å². The molecular weight excluding hydrogens is 208 g/mol. The highest BCUT2D eigenvalue weighted by Crippen LogP contribution is 2.30. The van der Waals surface area contributed by atoms with E-state index >= 15 is 0 Å². The monoisotopic (exact) mass is 228 g/mol. The molecule has 1 atom stereocenters. The van der Waals surface area contributed by atoms with Gasteiger partial charge in [0.1, 0.15) is 5.65 Å². The SMILES string of the molecule is Cc1ccn2c3c(nc2c1)CCC(C(C)C)C3. The van der Waals surface area contributed by atoms with Gasteiger partial charge in [-0.25, -0.2) is 4.98 Å². The van der Waals surface area contributed by atoms with Crippen molar-refractivity contribution >= 4 is 5.65 Å². The van der Waals surface area contributed by atoms with Gasteiger partial charge < -0.3 is 4.40 Å². The summed E-state index contributed by atoms with van der Waals surface area (Å²) in [5, 5.41) is 0. The molecule has 3 rings (SSSR count). The molecule has 0 bridgehead atoms. The summed E-state index contributed by atoms with van der Waals surface area (Å²) in [6.45, 7) is 6.80. The number of aromatic nitrogens is 2. The van der Waals surface area contributed by atoms with Crippen molar-refractivity contribution in [3.05, 3.63) is 35.3 Å². The number of nitrogens with zero attached hydrogens (tertiary/aromatic N) is 2. The van der Waals surface area contributed by atoms with Crippen LogP contribution in [-0.4, -0.2) is 9.38 Å². The van der Waals surface area contributed by atoms with Gasteiger partial charge in [0.05, 0.1) is 5.69 Å². The summed E-state index contributed by atoms with van der Waals surface area (Å²) in [5.74, 6) is 1.60. The zero-order valence-electron chi connectivity index (χ0n) is 10.9. The van der Waals surface area contributed by atoms with Gasteiger partial charge in [-0.05, 0) is 55.7 Å². The molecule has 0 amide bonds. The Kier molecular flexibility index (Phi) is 2.46. The summed E-state index contributed by atoms with van der Waals surface area (Å²) in [7, 11) is 0. The summed E-state index contributed by atoms with van der Waals surface area (Å²) in [6.07, 6.45) is 5.82. The van der Waals surface area contributed by atoms with Gasteiger partial charge in [-0.15, -0.1) is 0 Å². The fraction of sp³-hybridized carbons (Fsp3) is 0.533. The number of rotatable bonds is 1. The number of pyridine rings is 1. The van der Waals surface area contributed by atoms with E-state index < -0.39 is 0 Å². The summed E-state index contributed by atoms with van der Waals surface area (Å²) < 4.78 is 2.29. The minimum Gasteiger partial charge on any atom is -0.304 e. The molecule has 1 aliphatic carbocycles. The van der Waals surface area contributed by atoms with E-state index in [1.54, 1.807) is 0 Å². The van der Waals surface area contributed by atoms with Gasteiger partial charge in [-0.2, -0.15) is 0 Å². The van der Waals surface area contributed by atoms with Crippen LogP contribution >= 0.6 is 0 Å². The second-order valence-corrected chi connectivity index (χ2v) is 5.68. The Bertz CT molecular complexity index is 551. The highest BCUT2D eigenvalue weighted by molar-refractivity contribution is 5.46. The third-order valence-corrected chi connectivity index (χ3v) is 4.11. The smallest absolute Gasteiger partial charge is 0.137 e. The van der Waals surface area contributed by atoms with Crippen LogP contribution in [0.2, 0.25) is 0 Å². The number of imidazole rings is 1. The first-order valence-corrected chi connectivity index (χ1v) is 6.61. The number of fused-ring (bicyclic) bond motifs is 3. The molecule has 0 aromatic carbocycles. The van der Waals surface area contributed by atoms with Gasteiger partial charge in [0, 0.05) is 11.9 Å². The number of aryl methyl sites for hydroxylation is 2. The van der Waals surface area contributed by atoms with Crippen LogP contribution < -0.4 is 0 Å². The van der Waals surface area contributed by atoms with Crippen LogP contribution in [0.3, 0.4) is 0 Å². The van der Waals surface area contributed by atoms with Crippen LogP contribution in [0.4, 0.5) is 0 Å². The van der Waals surface area contributed by atoms with E-state index in [2.05, 4.69) is 43.5 Å². The Morgan fingerprint density at radius 2 is 2.24 bits per heavy atom. The standard InChI is InChI=1S/C15H20N2/c1-10(2)12-4-5-13-14(9-12)17-7-6-11(3)8-15(17)16-13/h6-8,10,12H,4-5,9H2,1-3H3. The summed E-state index contributed by atoms with van der Waals surface area (Å²) in [6, 6.07) is 4.36. The zero-order valence-corrected chi connectivity index (χ0v) is 10.9. The molecule has 2 heterocycles. The third kappa shape index (κ3) is 1.76. The molecule has 0 spiro atoms. The second kappa shape index (κ2) is 3.86. The Morgan fingerprint density at radius 1 is 1.41 bits per heavy atom. The van der Waals surface area contributed by atoms with E-state index in [0.717, 1.165) is 23.9 Å². The maximum absolute atomic E-state index is 4.77. The van der Waals surface area contributed by atoms with Crippen LogP contribution in [-0.2, 0) is 12.8 Å². The molecule has 0 radical (unpaired) electrons. The van der Waals surface area contributed by atoms with E-state index in [9.17, 15) is 0 Å². The van der Waals surface area contributed by atoms with Crippen molar-refractivity contribution in [2.45, 2.75) is 40.0 Å². The third-order valence-electron chi connectivity index (χ3n) is 4.11. The Labute approximate surface area is 103 Å². The van der Waals surface area contributed by atoms with E-state index in [4.69, 9.17) is 4.98 Å². The van der Waals surface area contributed by atoms with E-state index in [1.807, 2.05) is 0 Å². The molecule has 0 fully saturated rings. The van der Waals surface area contributed by atoms with Crippen molar-refractivity contribution in [3.63, 3.8) is 0 Å². The fourth-order valence-electron chi connectivity index (χ4n) is 2.90. The first-order valence-electron chi connectivity index (χ1n) is 6.61. The summed E-state index contributed by atoms with van der Waals surface area (Å²) >= 11 is 0. The maximum Gasteiger partial charge on any atom is 0.137 e. The molecule has 0 saturated heterocycles. The second-order valence-electron chi connectivity index (χ2n) is 5.68. The molecule has 90 valence electrons. The van der Waals surface area contributed by atoms with Crippen molar-refractivity contribution in [1.29, 1.82) is 0 Å². The van der Waals surface area contributed by atoms with E-state index in [1.165, 1.54) is 29.8 Å². The van der Waals surface area contributed by atoms with Crippen molar-refractivity contribution < 1.29 is 0 Å². The van der Waals surface area contributed by atoms with Crippen molar-refractivity contribution in [2.75, 3.05) is 0 Å². The van der Waals surface area contributed by atoms with Gasteiger partial charge in [-0.1, -0.05) is 13.8 Å². The fourth-order valence-corrected chi connectivity index (χ4v) is 2.90. The first-order chi connectivity index (χ1) is 8.15. The molecule has 17 heavy (non-hydrogen) atoms. The normalized spacial score (nSPS) is 19.9. The lowest BCUT2D eigenvalue weighted by molar-refractivity contribution is 0.337. The molecule has 1 aliphatic rings. The molecule has 2 aromatic rings. The summed E-state index contributed by atoms with van der Waals surface area (Å²) in [5.41, 5.74) is 5.19. The minimum atomic E-state index is 0.777. The Morgan fingerprint density at radius 3 is 3.00 bits per heavy atom. The molecule has 0 N–H and O–H groups in total. The highest BCUT2D eigenvalue weighted by Gasteiger charge is 2.24. The number of hydrogen-bond donors (Lipinski definition) is 0. The Balaban J connectivity index is 2.09. The van der Waals surface area contributed by atoms with Gasteiger partial charge in [0.2, 0.25) is 0 Å². The predicted molar refractivity (Wildman–Crippen MR) is 70.3 cm³/mol. The minimum absolute atomic E-state index is 0.777. The predicted octanol–water partition coefficient (Wildman–Crippen LogP) is 3.40. The lowest BCUT2D eigenvalue weighted by atomic mass is 9.82. The average molecular weight is 228 g/mol. The van der Waals surface area contributed by atoms with Gasteiger partial charge in [-0.3, -0.25) is 0 Å². The first kappa shape index (κ1) is 10.8. The molecule has 0 aliphatic heterocycles. The quantitative estimate of drug-likeness (QED) is 0.731. The average Bonchev–Trinajstić information content (AvgIpc) is 2.64. The van der Waals surface area contributed by atoms with Crippen molar-refractivity contribution in [2.24, 2.45) is 11.8 Å². The van der Waals surface area contributed by atoms with Gasteiger partial charge >= 0.3 is 0 Å². The molecule has 2 aromatic heterocycles. The highest BCUT2D eigenvalue weighted by atomic mass is 15.0. The van der Waals surface area contributed by atoms with Crippen LogP contribution in [0.1, 0.15) is 37.2 Å². The van der Waals surface area contributed by atoms with Crippen LogP contribution in [0, 0.1) is 18.8 Å². The lowest BCUT2D eigenvalue weighted by Crippen LogP contribution is -2.19. The maximum atomic E-state index is 4.77. The molecule has 2 heteroatoms. The van der Waals surface area contributed by atoms with Crippen LogP contribution in [0.25, 0.3) is 5.65 Å². The summed E-state index contributed by atoms with van der Waals surface area (Å²) in [4.78, 5) is 4.77. The largest absolute Gasteiger partial charge is 0.304 e. The number of hydrogen-bond acceptors (Lipinski definition) is 1. The van der Waals surface area contributed by atoms with Gasteiger partial charge in [0.15, 0.2) is 0 Å². The molecule has 0 saturated carbocycles. The molecule has 2 nitrogen and oxygen atoms in total. The van der Waals surface area contributed by atoms with Crippen molar-refractivity contribution in [3.8, 4) is 0 Å².